The summed E-state index contributed by atoms with van der Waals surface area (Å²) in [5.74, 6) is -0.0379. The van der Waals surface area contributed by atoms with Crippen LogP contribution in [0.2, 0.25) is 0 Å². The number of carbonyl (C=O) groups is 4. The van der Waals surface area contributed by atoms with Crippen LogP contribution in [0.1, 0.15) is 59.9 Å². The summed E-state index contributed by atoms with van der Waals surface area (Å²) in [5, 5.41) is 11.5. The second kappa shape index (κ2) is 18.3. The molecule has 2 unspecified atom stereocenters. The fourth-order valence-electron chi connectivity index (χ4n) is 5.15. The fourth-order valence-corrected chi connectivity index (χ4v) is 5.15. The van der Waals surface area contributed by atoms with Crippen molar-refractivity contribution in [3.05, 3.63) is 66.0 Å². The van der Waals surface area contributed by atoms with Gasteiger partial charge in [0.2, 0.25) is 11.8 Å². The van der Waals surface area contributed by atoms with Crippen LogP contribution in [0.15, 0.2) is 54.6 Å². The SMILES string of the molecule is CCOCc1nc2c(NC(=O)[C@H](C)NC(=O)OC(C)(C)C)nc3ccccc3c2n1CC(C)OCCNC(=O)C(C)NC(=O)OCc1ccccc1. The summed E-state index contributed by atoms with van der Waals surface area (Å²) in [6.45, 7) is 13.7. The smallest absolute Gasteiger partial charge is 0.408 e. The maximum atomic E-state index is 13.2. The summed E-state index contributed by atoms with van der Waals surface area (Å²) in [4.78, 5) is 59.9. The molecule has 2 aromatic heterocycles. The predicted octanol–water partition coefficient (Wildman–Crippen LogP) is 4.81. The molecule has 4 rings (SSSR count). The first kappa shape index (κ1) is 39.5. The van der Waals surface area contributed by atoms with Gasteiger partial charge in [-0.1, -0.05) is 48.5 Å². The number of carbonyl (C=O) groups excluding carboxylic acids is 4. The highest BCUT2D eigenvalue weighted by Crippen LogP contribution is 2.31. The highest BCUT2D eigenvalue weighted by atomic mass is 16.6. The van der Waals surface area contributed by atoms with Crippen molar-refractivity contribution in [2.75, 3.05) is 25.1 Å². The summed E-state index contributed by atoms with van der Waals surface area (Å²) in [6.07, 6.45) is -1.74. The molecule has 0 saturated carbocycles. The molecular weight excluding hydrogens is 670 g/mol. The first-order valence-corrected chi connectivity index (χ1v) is 17.3. The van der Waals surface area contributed by atoms with Gasteiger partial charge in [0, 0.05) is 18.5 Å². The molecule has 15 heteroatoms. The standard InChI is InChI=1S/C37H49N7O8/c1-8-49-22-29-42-30-31(27-16-12-13-17-28(27)41-32(30)43-34(46)25(4)40-36(48)52-37(5,6)7)44(29)20-23(2)50-19-18-38-33(45)24(3)39-35(47)51-21-26-14-10-9-11-15-26/h9-17,23-25H,8,18-22H2,1-7H3,(H,38,45)(H,39,47)(H,40,48)(H,41,43,46)/t23?,24?,25-/m0/s1. The molecule has 52 heavy (non-hydrogen) atoms. The third-order valence-corrected chi connectivity index (χ3v) is 7.65. The number of hydrogen-bond donors (Lipinski definition) is 4. The number of para-hydroxylation sites is 1. The van der Waals surface area contributed by atoms with Crippen LogP contribution in [-0.2, 0) is 48.3 Å². The van der Waals surface area contributed by atoms with Crippen molar-refractivity contribution >= 4 is 51.8 Å². The Balaban J connectivity index is 1.42. The highest BCUT2D eigenvalue weighted by molar-refractivity contribution is 6.10. The molecule has 3 atom stereocenters. The second-order valence-corrected chi connectivity index (χ2v) is 13.2. The van der Waals surface area contributed by atoms with Crippen molar-refractivity contribution in [1.82, 2.24) is 30.5 Å². The van der Waals surface area contributed by atoms with E-state index in [2.05, 4.69) is 21.3 Å². The third-order valence-electron chi connectivity index (χ3n) is 7.65. The number of aromatic nitrogens is 3. The number of anilines is 1. The Bertz CT molecular complexity index is 1840. The molecule has 0 spiro atoms. The van der Waals surface area contributed by atoms with Crippen LogP contribution in [0.5, 0.6) is 0 Å². The van der Waals surface area contributed by atoms with Gasteiger partial charge in [-0.3, -0.25) is 9.59 Å². The van der Waals surface area contributed by atoms with Crippen LogP contribution in [0.25, 0.3) is 21.9 Å². The van der Waals surface area contributed by atoms with Crippen molar-refractivity contribution in [2.45, 2.75) is 92.0 Å². The van der Waals surface area contributed by atoms with E-state index >= 15 is 0 Å². The van der Waals surface area contributed by atoms with E-state index in [-0.39, 0.29) is 44.2 Å². The van der Waals surface area contributed by atoms with E-state index in [9.17, 15) is 19.2 Å². The van der Waals surface area contributed by atoms with Crippen molar-refractivity contribution in [2.24, 2.45) is 0 Å². The van der Waals surface area contributed by atoms with Gasteiger partial charge in [-0.15, -0.1) is 0 Å². The van der Waals surface area contributed by atoms with E-state index in [1.165, 1.54) is 0 Å². The van der Waals surface area contributed by atoms with E-state index in [1.807, 2.05) is 73.0 Å². The van der Waals surface area contributed by atoms with Crippen molar-refractivity contribution < 1.29 is 38.1 Å². The number of alkyl carbamates (subject to hydrolysis) is 2. The van der Waals surface area contributed by atoms with Crippen molar-refractivity contribution in [3.63, 3.8) is 0 Å². The topological polar surface area (TPSA) is 184 Å². The molecule has 280 valence electrons. The first-order chi connectivity index (χ1) is 24.8. The summed E-state index contributed by atoms with van der Waals surface area (Å²) >= 11 is 0. The Morgan fingerprint density at radius 3 is 2.23 bits per heavy atom. The molecule has 0 fully saturated rings. The van der Waals surface area contributed by atoms with Crippen LogP contribution < -0.4 is 21.3 Å². The van der Waals surface area contributed by atoms with Gasteiger partial charge in [0.15, 0.2) is 5.82 Å². The van der Waals surface area contributed by atoms with E-state index in [4.69, 9.17) is 28.9 Å². The number of fused-ring (bicyclic) bond motifs is 3. The van der Waals surface area contributed by atoms with Crippen LogP contribution in [-0.4, -0.2) is 82.1 Å². The molecule has 0 aliphatic rings. The quantitative estimate of drug-likeness (QED) is 0.117. The largest absolute Gasteiger partial charge is 0.445 e. The normalized spacial score (nSPS) is 13.2. The Kier molecular flexibility index (Phi) is 13.9. The molecular formula is C37H49N7O8. The van der Waals surface area contributed by atoms with E-state index in [0.29, 0.717) is 30.0 Å². The van der Waals surface area contributed by atoms with Gasteiger partial charge in [-0.25, -0.2) is 19.6 Å². The molecule has 0 aliphatic heterocycles. The van der Waals surface area contributed by atoms with Gasteiger partial charge in [0.05, 0.1) is 30.3 Å². The monoisotopic (exact) mass is 719 g/mol. The van der Waals surface area contributed by atoms with Crippen LogP contribution >= 0.6 is 0 Å². The lowest BCUT2D eigenvalue weighted by atomic mass is 10.1. The van der Waals surface area contributed by atoms with Crippen molar-refractivity contribution in [3.8, 4) is 0 Å². The van der Waals surface area contributed by atoms with E-state index in [1.54, 1.807) is 34.6 Å². The zero-order valence-corrected chi connectivity index (χ0v) is 30.8. The maximum Gasteiger partial charge on any atom is 0.408 e. The summed E-state index contributed by atoms with van der Waals surface area (Å²) in [7, 11) is 0. The number of pyridine rings is 1. The lowest BCUT2D eigenvalue weighted by molar-refractivity contribution is -0.123. The zero-order chi connectivity index (χ0) is 37.8. The number of hydrogen-bond acceptors (Lipinski definition) is 10. The maximum absolute atomic E-state index is 13.2. The Morgan fingerprint density at radius 1 is 0.846 bits per heavy atom. The zero-order valence-electron chi connectivity index (χ0n) is 30.8. The lowest BCUT2D eigenvalue weighted by Gasteiger charge is -2.21. The number of ether oxygens (including phenoxy) is 4. The summed E-state index contributed by atoms with van der Waals surface area (Å²) in [6, 6.07) is 15.0. The van der Waals surface area contributed by atoms with Gasteiger partial charge < -0.3 is 44.8 Å². The first-order valence-electron chi connectivity index (χ1n) is 17.3. The molecule has 0 aliphatic carbocycles. The number of amides is 4. The number of nitrogens with zero attached hydrogens (tertiary/aromatic N) is 3. The van der Waals surface area contributed by atoms with E-state index < -0.39 is 35.8 Å². The molecule has 2 aromatic carbocycles. The Labute approximate surface area is 303 Å². The number of rotatable bonds is 16. The minimum absolute atomic E-state index is 0.0972. The minimum atomic E-state index is -0.927. The van der Waals surface area contributed by atoms with Gasteiger partial charge in [0.25, 0.3) is 0 Å². The number of benzene rings is 2. The fraction of sp³-hybridized carbons (Fsp3) is 0.459. The minimum Gasteiger partial charge on any atom is -0.445 e. The number of imidazole rings is 1. The molecule has 0 bridgehead atoms. The Morgan fingerprint density at radius 2 is 1.52 bits per heavy atom. The number of nitrogens with one attached hydrogen (secondary N) is 4. The van der Waals surface area contributed by atoms with Crippen LogP contribution in [0, 0.1) is 0 Å². The molecule has 2 heterocycles. The third kappa shape index (κ3) is 11.4. The lowest BCUT2D eigenvalue weighted by Crippen LogP contribution is -2.45. The van der Waals surface area contributed by atoms with Crippen molar-refractivity contribution in [1.29, 1.82) is 0 Å². The second-order valence-electron chi connectivity index (χ2n) is 13.2. The van der Waals surface area contributed by atoms with Gasteiger partial charge in [0.1, 0.15) is 42.2 Å². The Hall–Kier alpha value is -5.28. The predicted molar refractivity (Wildman–Crippen MR) is 195 cm³/mol. The molecule has 15 nitrogen and oxygen atoms in total. The van der Waals surface area contributed by atoms with Crippen LogP contribution in [0.4, 0.5) is 15.4 Å². The van der Waals surface area contributed by atoms with E-state index in [0.717, 1.165) is 16.5 Å². The molecule has 4 aromatic rings. The molecule has 0 radical (unpaired) electrons. The van der Waals surface area contributed by atoms with Gasteiger partial charge in [-0.05, 0) is 60.1 Å². The summed E-state index contributed by atoms with van der Waals surface area (Å²) < 4.78 is 24.3. The van der Waals surface area contributed by atoms with Gasteiger partial charge in [-0.2, -0.15) is 0 Å². The average molecular weight is 720 g/mol. The highest BCUT2D eigenvalue weighted by Gasteiger charge is 2.25. The molecule has 4 amide bonds. The van der Waals surface area contributed by atoms with Crippen LogP contribution in [0.3, 0.4) is 0 Å². The molecule has 4 N–H and O–H groups in total. The average Bonchev–Trinajstić information content (AvgIpc) is 3.45. The summed E-state index contributed by atoms with van der Waals surface area (Å²) in [5.41, 5.74) is 1.93. The van der Waals surface area contributed by atoms with Gasteiger partial charge >= 0.3 is 12.2 Å². The molecule has 0 saturated heterocycles.